The molecule has 1 amide bonds. The lowest BCUT2D eigenvalue weighted by molar-refractivity contribution is 0.0622. The molecule has 21 heavy (non-hydrogen) atoms. The van der Waals surface area contributed by atoms with Crippen molar-refractivity contribution in [3.05, 3.63) is 29.6 Å². The number of carbonyl (C=O) groups is 1. The molecule has 114 valence electrons. The van der Waals surface area contributed by atoms with Crippen LogP contribution in [0, 0.1) is 11.8 Å². The second kappa shape index (κ2) is 9.11. The lowest BCUT2D eigenvalue weighted by Gasteiger charge is -2.30. The fourth-order valence-corrected chi connectivity index (χ4v) is 2.23. The summed E-state index contributed by atoms with van der Waals surface area (Å²) in [5.41, 5.74) is 6.49. The highest BCUT2D eigenvalue weighted by molar-refractivity contribution is 5.94. The molecule has 1 aromatic rings. The molecule has 0 fully saturated rings. The highest BCUT2D eigenvalue weighted by atomic mass is 16.3. The number of rotatable bonds is 6. The zero-order valence-electron chi connectivity index (χ0n) is 12.7. The van der Waals surface area contributed by atoms with E-state index in [1.165, 1.54) is 6.20 Å². The number of hydrogen-bond acceptors (Lipinski definition) is 4. The molecule has 5 nitrogen and oxygen atoms in total. The van der Waals surface area contributed by atoms with E-state index in [0.717, 1.165) is 12.8 Å². The molecule has 1 heterocycles. The quantitative estimate of drug-likeness (QED) is 0.766. The maximum absolute atomic E-state index is 12.6. The molecule has 0 unspecified atom stereocenters. The summed E-state index contributed by atoms with van der Waals surface area (Å²) < 4.78 is 0. The van der Waals surface area contributed by atoms with Gasteiger partial charge in [-0.15, -0.1) is 0 Å². The molecule has 5 heteroatoms. The van der Waals surface area contributed by atoms with Crippen molar-refractivity contribution in [2.75, 3.05) is 19.7 Å². The van der Waals surface area contributed by atoms with Gasteiger partial charge in [-0.1, -0.05) is 25.7 Å². The first-order valence-corrected chi connectivity index (χ1v) is 7.23. The Morgan fingerprint density at radius 2 is 2.14 bits per heavy atom. The first kappa shape index (κ1) is 17.2. The third kappa shape index (κ3) is 4.85. The van der Waals surface area contributed by atoms with Crippen LogP contribution in [0.25, 0.3) is 0 Å². The van der Waals surface area contributed by atoms with Gasteiger partial charge in [0.15, 0.2) is 0 Å². The van der Waals surface area contributed by atoms with Gasteiger partial charge in [-0.2, -0.15) is 0 Å². The number of pyridine rings is 1. The van der Waals surface area contributed by atoms with E-state index in [-0.39, 0.29) is 25.1 Å². The molecule has 0 bridgehead atoms. The Balaban J connectivity index is 3.03. The zero-order valence-corrected chi connectivity index (χ0v) is 12.7. The molecule has 1 aromatic heterocycles. The summed E-state index contributed by atoms with van der Waals surface area (Å²) in [5, 5.41) is 9.20. The molecule has 0 atom stereocenters. The molecular formula is C16H23N3O2. The summed E-state index contributed by atoms with van der Waals surface area (Å²) in [6.45, 7) is 4.61. The molecule has 0 aliphatic carbocycles. The Hall–Kier alpha value is -1.90. The average molecular weight is 289 g/mol. The smallest absolute Gasteiger partial charge is 0.255 e. The zero-order chi connectivity index (χ0) is 15.7. The first-order chi connectivity index (χ1) is 10.2. The third-order valence-electron chi connectivity index (χ3n) is 3.31. The molecule has 0 saturated carbocycles. The maximum atomic E-state index is 12.6. The number of aliphatic hydroxyl groups excluding tert-OH is 1. The van der Waals surface area contributed by atoms with E-state index in [0.29, 0.717) is 17.7 Å². The summed E-state index contributed by atoms with van der Waals surface area (Å²) in [5.74, 6) is 5.49. The Kier molecular flexibility index (Phi) is 7.44. The van der Waals surface area contributed by atoms with Crippen molar-refractivity contribution < 1.29 is 9.90 Å². The molecule has 0 saturated heterocycles. The van der Waals surface area contributed by atoms with Crippen LogP contribution in [0.3, 0.4) is 0 Å². The number of amides is 1. The van der Waals surface area contributed by atoms with Crippen LogP contribution in [-0.4, -0.2) is 46.6 Å². The average Bonchev–Trinajstić information content (AvgIpc) is 2.52. The van der Waals surface area contributed by atoms with Gasteiger partial charge in [-0.25, -0.2) is 0 Å². The second-order valence-corrected chi connectivity index (χ2v) is 4.66. The molecule has 1 rings (SSSR count). The minimum Gasteiger partial charge on any atom is -0.395 e. The van der Waals surface area contributed by atoms with Crippen LogP contribution in [0.4, 0.5) is 0 Å². The SMILES string of the molecule is CCC(CC)N(CCO)C(=O)c1cncc(C#CCN)c1. The van der Waals surface area contributed by atoms with Crippen molar-refractivity contribution in [1.29, 1.82) is 0 Å². The van der Waals surface area contributed by atoms with Gasteiger partial charge in [-0.3, -0.25) is 9.78 Å². The molecular weight excluding hydrogens is 266 g/mol. The van der Waals surface area contributed by atoms with E-state index in [1.54, 1.807) is 17.2 Å². The fourth-order valence-electron chi connectivity index (χ4n) is 2.23. The number of nitrogens with zero attached hydrogens (tertiary/aromatic N) is 2. The topological polar surface area (TPSA) is 79.5 Å². The van der Waals surface area contributed by atoms with E-state index < -0.39 is 0 Å². The molecule has 3 N–H and O–H groups in total. The van der Waals surface area contributed by atoms with Gasteiger partial charge in [0.1, 0.15) is 0 Å². The van der Waals surface area contributed by atoms with Crippen molar-refractivity contribution >= 4 is 5.91 Å². The van der Waals surface area contributed by atoms with Crippen molar-refractivity contribution in [3.63, 3.8) is 0 Å². The van der Waals surface area contributed by atoms with Crippen LogP contribution < -0.4 is 5.73 Å². The maximum Gasteiger partial charge on any atom is 0.255 e. The molecule has 0 aliphatic rings. The minimum atomic E-state index is -0.123. The summed E-state index contributed by atoms with van der Waals surface area (Å²) in [6.07, 6.45) is 4.83. The Bertz CT molecular complexity index is 516. The number of aromatic nitrogens is 1. The Morgan fingerprint density at radius 3 is 2.71 bits per heavy atom. The van der Waals surface area contributed by atoms with Crippen LogP contribution in [0.5, 0.6) is 0 Å². The highest BCUT2D eigenvalue weighted by Gasteiger charge is 2.22. The fraction of sp³-hybridized carbons (Fsp3) is 0.500. The third-order valence-corrected chi connectivity index (χ3v) is 3.31. The number of nitrogens with two attached hydrogens (primary N) is 1. The van der Waals surface area contributed by atoms with Crippen LogP contribution in [0.2, 0.25) is 0 Å². The second-order valence-electron chi connectivity index (χ2n) is 4.66. The number of aliphatic hydroxyl groups is 1. The summed E-state index contributed by atoms with van der Waals surface area (Å²) >= 11 is 0. The Morgan fingerprint density at radius 1 is 1.43 bits per heavy atom. The first-order valence-electron chi connectivity index (χ1n) is 7.23. The van der Waals surface area contributed by atoms with Crippen molar-refractivity contribution in [3.8, 4) is 11.8 Å². The molecule has 0 spiro atoms. The van der Waals surface area contributed by atoms with Gasteiger partial charge < -0.3 is 15.7 Å². The molecule has 0 aromatic carbocycles. The van der Waals surface area contributed by atoms with E-state index in [4.69, 9.17) is 5.73 Å². The van der Waals surface area contributed by atoms with Crippen LogP contribution in [0.15, 0.2) is 18.5 Å². The van der Waals surface area contributed by atoms with Gasteiger partial charge >= 0.3 is 0 Å². The van der Waals surface area contributed by atoms with Gasteiger partial charge in [-0.05, 0) is 18.9 Å². The Labute approximate surface area is 126 Å². The van der Waals surface area contributed by atoms with E-state index in [2.05, 4.69) is 16.8 Å². The largest absolute Gasteiger partial charge is 0.395 e. The van der Waals surface area contributed by atoms with Crippen LogP contribution in [-0.2, 0) is 0 Å². The van der Waals surface area contributed by atoms with Crippen molar-refractivity contribution in [2.24, 2.45) is 5.73 Å². The minimum absolute atomic E-state index is 0.0532. The van der Waals surface area contributed by atoms with Crippen molar-refractivity contribution in [1.82, 2.24) is 9.88 Å². The van der Waals surface area contributed by atoms with Crippen LogP contribution >= 0.6 is 0 Å². The van der Waals surface area contributed by atoms with E-state index in [1.807, 2.05) is 13.8 Å². The lowest BCUT2D eigenvalue weighted by atomic mass is 10.1. The lowest BCUT2D eigenvalue weighted by Crippen LogP contribution is -2.41. The molecule has 0 radical (unpaired) electrons. The monoisotopic (exact) mass is 289 g/mol. The normalized spacial score (nSPS) is 10.1. The predicted octanol–water partition coefficient (Wildman–Crippen LogP) is 1.01. The van der Waals surface area contributed by atoms with E-state index in [9.17, 15) is 9.90 Å². The van der Waals surface area contributed by atoms with Gasteiger partial charge in [0.05, 0.1) is 18.7 Å². The van der Waals surface area contributed by atoms with Gasteiger partial charge in [0.2, 0.25) is 0 Å². The van der Waals surface area contributed by atoms with Crippen LogP contribution in [0.1, 0.15) is 42.6 Å². The molecule has 0 aliphatic heterocycles. The predicted molar refractivity (Wildman–Crippen MR) is 82.7 cm³/mol. The number of carbonyl (C=O) groups excluding carboxylic acids is 1. The van der Waals surface area contributed by atoms with Crippen molar-refractivity contribution in [2.45, 2.75) is 32.7 Å². The summed E-state index contributed by atoms with van der Waals surface area (Å²) in [7, 11) is 0. The van der Waals surface area contributed by atoms with E-state index >= 15 is 0 Å². The summed E-state index contributed by atoms with van der Waals surface area (Å²) in [4.78, 5) is 18.4. The van der Waals surface area contributed by atoms with Gasteiger partial charge in [0, 0.05) is 30.5 Å². The standard InChI is InChI=1S/C16H23N3O2/c1-3-15(4-2)19(8-9-20)16(21)14-10-13(6-5-7-17)11-18-12-14/h10-12,15,20H,3-4,7-9,17H2,1-2H3. The van der Waals surface area contributed by atoms with Gasteiger partial charge in [0.25, 0.3) is 5.91 Å². The number of hydrogen-bond donors (Lipinski definition) is 2. The summed E-state index contributed by atoms with van der Waals surface area (Å²) in [6, 6.07) is 1.83. The highest BCUT2D eigenvalue weighted by Crippen LogP contribution is 2.13.